The van der Waals surface area contributed by atoms with Crippen LogP contribution in [0.2, 0.25) is 0 Å². The molecule has 0 unspecified atom stereocenters. The van der Waals surface area contributed by atoms with Gasteiger partial charge in [-0.2, -0.15) is 0 Å². The van der Waals surface area contributed by atoms with Crippen LogP contribution in [0.3, 0.4) is 0 Å². The SMILES string of the molecule is Cc1ccc(NC2CCN(CC3CCCCCCC3)CC2)c(N)c1. The maximum absolute atomic E-state index is 6.14. The zero-order chi connectivity index (χ0) is 16.8. The van der Waals surface area contributed by atoms with Crippen LogP contribution in [0, 0.1) is 12.8 Å². The van der Waals surface area contributed by atoms with Gasteiger partial charge in [-0.3, -0.25) is 0 Å². The first kappa shape index (κ1) is 17.6. The zero-order valence-electron chi connectivity index (χ0n) is 15.4. The van der Waals surface area contributed by atoms with E-state index in [0.717, 1.165) is 17.3 Å². The number of benzene rings is 1. The molecule has 1 aromatic carbocycles. The molecule has 2 aliphatic rings. The lowest BCUT2D eigenvalue weighted by Gasteiger charge is -2.35. The lowest BCUT2D eigenvalue weighted by molar-refractivity contribution is 0.173. The Hall–Kier alpha value is -1.22. The minimum Gasteiger partial charge on any atom is -0.397 e. The van der Waals surface area contributed by atoms with Gasteiger partial charge in [0, 0.05) is 25.7 Å². The van der Waals surface area contributed by atoms with Gasteiger partial charge in [0.05, 0.1) is 11.4 Å². The van der Waals surface area contributed by atoms with Crippen molar-refractivity contribution in [2.75, 3.05) is 30.7 Å². The first-order valence-corrected chi connectivity index (χ1v) is 10.1. The predicted octanol–water partition coefficient (Wildman–Crippen LogP) is 4.81. The van der Waals surface area contributed by atoms with E-state index in [9.17, 15) is 0 Å². The summed E-state index contributed by atoms with van der Waals surface area (Å²) in [5.74, 6) is 0.947. The van der Waals surface area contributed by atoms with E-state index in [1.807, 2.05) is 0 Å². The number of nitrogens with two attached hydrogens (primary N) is 1. The summed E-state index contributed by atoms with van der Waals surface area (Å²) in [6.45, 7) is 5.90. The second-order valence-corrected chi connectivity index (χ2v) is 8.02. The monoisotopic (exact) mass is 329 g/mol. The highest BCUT2D eigenvalue weighted by Crippen LogP contribution is 2.26. The Morgan fingerprint density at radius 1 is 1.00 bits per heavy atom. The molecule has 1 aliphatic heterocycles. The first-order valence-electron chi connectivity index (χ1n) is 10.1. The van der Waals surface area contributed by atoms with Gasteiger partial charge in [-0.25, -0.2) is 0 Å². The number of nitrogens with zero attached hydrogens (tertiary/aromatic N) is 1. The molecular formula is C21H35N3. The molecule has 3 heteroatoms. The van der Waals surface area contributed by atoms with Crippen molar-refractivity contribution in [1.29, 1.82) is 0 Å². The lowest BCUT2D eigenvalue weighted by Crippen LogP contribution is -2.41. The molecule has 0 amide bonds. The Morgan fingerprint density at radius 3 is 2.33 bits per heavy atom. The highest BCUT2D eigenvalue weighted by molar-refractivity contribution is 5.67. The van der Waals surface area contributed by atoms with Crippen LogP contribution in [0.25, 0.3) is 0 Å². The summed E-state index contributed by atoms with van der Waals surface area (Å²) in [6.07, 6.45) is 12.7. The van der Waals surface area contributed by atoms with Gasteiger partial charge >= 0.3 is 0 Å². The molecule has 1 saturated carbocycles. The van der Waals surface area contributed by atoms with Crippen molar-refractivity contribution in [2.45, 2.75) is 70.8 Å². The maximum Gasteiger partial charge on any atom is 0.0576 e. The van der Waals surface area contributed by atoms with E-state index in [1.165, 1.54) is 83.0 Å². The Morgan fingerprint density at radius 2 is 1.67 bits per heavy atom. The van der Waals surface area contributed by atoms with Crippen LogP contribution < -0.4 is 11.1 Å². The molecule has 0 spiro atoms. The normalized spacial score (nSPS) is 22.0. The van der Waals surface area contributed by atoms with Crippen molar-refractivity contribution in [3.05, 3.63) is 23.8 Å². The second kappa shape index (κ2) is 8.75. The standard InChI is InChI=1S/C21H35N3/c1-17-9-10-21(20(22)15-17)23-19-11-13-24(14-12-19)16-18-7-5-3-2-4-6-8-18/h9-10,15,18-19,23H,2-8,11-14,16,22H2,1H3. The van der Waals surface area contributed by atoms with Crippen LogP contribution in [0.15, 0.2) is 18.2 Å². The van der Waals surface area contributed by atoms with E-state index in [1.54, 1.807) is 0 Å². The number of piperidine rings is 1. The molecular weight excluding hydrogens is 294 g/mol. The smallest absolute Gasteiger partial charge is 0.0576 e. The molecule has 24 heavy (non-hydrogen) atoms. The summed E-state index contributed by atoms with van der Waals surface area (Å²) in [6, 6.07) is 6.91. The fraction of sp³-hybridized carbons (Fsp3) is 0.714. The average molecular weight is 330 g/mol. The molecule has 3 N–H and O–H groups in total. The van der Waals surface area contributed by atoms with Gasteiger partial charge in [0.2, 0.25) is 0 Å². The van der Waals surface area contributed by atoms with Gasteiger partial charge in [0.1, 0.15) is 0 Å². The number of hydrogen-bond donors (Lipinski definition) is 2. The third-order valence-corrected chi connectivity index (χ3v) is 5.90. The molecule has 3 rings (SSSR count). The maximum atomic E-state index is 6.14. The number of hydrogen-bond acceptors (Lipinski definition) is 3. The Bertz CT molecular complexity index is 498. The fourth-order valence-electron chi connectivity index (χ4n) is 4.38. The molecule has 1 aliphatic carbocycles. The summed E-state index contributed by atoms with van der Waals surface area (Å²) in [4.78, 5) is 2.71. The summed E-state index contributed by atoms with van der Waals surface area (Å²) in [5.41, 5.74) is 9.36. The highest BCUT2D eigenvalue weighted by Gasteiger charge is 2.22. The topological polar surface area (TPSA) is 41.3 Å². The largest absolute Gasteiger partial charge is 0.397 e. The van der Waals surface area contributed by atoms with Crippen molar-refractivity contribution < 1.29 is 0 Å². The van der Waals surface area contributed by atoms with Gasteiger partial charge in [-0.15, -0.1) is 0 Å². The minimum atomic E-state index is 0.573. The number of anilines is 2. The number of nitrogen functional groups attached to an aromatic ring is 1. The van der Waals surface area contributed by atoms with Crippen LogP contribution in [-0.2, 0) is 0 Å². The van der Waals surface area contributed by atoms with Gasteiger partial charge in [0.25, 0.3) is 0 Å². The molecule has 0 radical (unpaired) electrons. The summed E-state index contributed by atoms with van der Waals surface area (Å²) in [7, 11) is 0. The number of nitrogens with one attached hydrogen (secondary N) is 1. The molecule has 134 valence electrons. The van der Waals surface area contributed by atoms with E-state index >= 15 is 0 Å². The molecule has 0 bridgehead atoms. The molecule has 3 nitrogen and oxygen atoms in total. The van der Waals surface area contributed by atoms with Crippen LogP contribution >= 0.6 is 0 Å². The molecule has 1 heterocycles. The van der Waals surface area contributed by atoms with Crippen LogP contribution in [0.5, 0.6) is 0 Å². The van der Waals surface area contributed by atoms with E-state index in [2.05, 4.69) is 35.3 Å². The molecule has 2 fully saturated rings. The van der Waals surface area contributed by atoms with Crippen molar-refractivity contribution in [3.63, 3.8) is 0 Å². The number of likely N-dealkylation sites (tertiary alicyclic amines) is 1. The summed E-state index contributed by atoms with van der Waals surface area (Å²) in [5, 5.41) is 3.67. The average Bonchev–Trinajstić information content (AvgIpc) is 2.54. The number of aryl methyl sites for hydroxylation is 1. The van der Waals surface area contributed by atoms with Gasteiger partial charge < -0.3 is 16.0 Å². The predicted molar refractivity (Wildman–Crippen MR) is 104 cm³/mol. The van der Waals surface area contributed by atoms with E-state index in [-0.39, 0.29) is 0 Å². The van der Waals surface area contributed by atoms with Crippen LogP contribution in [-0.4, -0.2) is 30.6 Å². The summed E-state index contributed by atoms with van der Waals surface area (Å²) >= 11 is 0. The van der Waals surface area contributed by atoms with E-state index in [0.29, 0.717) is 6.04 Å². The fourth-order valence-corrected chi connectivity index (χ4v) is 4.38. The zero-order valence-corrected chi connectivity index (χ0v) is 15.4. The van der Waals surface area contributed by atoms with Gasteiger partial charge in [-0.05, 0) is 56.2 Å². The molecule has 1 aromatic rings. The lowest BCUT2D eigenvalue weighted by atomic mass is 9.90. The Kier molecular flexibility index (Phi) is 6.42. The van der Waals surface area contributed by atoms with Crippen molar-refractivity contribution >= 4 is 11.4 Å². The Labute approximate surface area is 148 Å². The third-order valence-electron chi connectivity index (χ3n) is 5.90. The van der Waals surface area contributed by atoms with Gasteiger partial charge in [-0.1, -0.05) is 38.2 Å². The molecule has 0 aromatic heterocycles. The van der Waals surface area contributed by atoms with Crippen LogP contribution in [0.1, 0.15) is 63.4 Å². The Balaban J connectivity index is 1.43. The van der Waals surface area contributed by atoms with Crippen LogP contribution in [0.4, 0.5) is 11.4 Å². The van der Waals surface area contributed by atoms with Gasteiger partial charge in [0.15, 0.2) is 0 Å². The molecule has 0 atom stereocenters. The highest BCUT2D eigenvalue weighted by atomic mass is 15.1. The summed E-state index contributed by atoms with van der Waals surface area (Å²) < 4.78 is 0. The third kappa shape index (κ3) is 5.14. The number of rotatable bonds is 4. The quantitative estimate of drug-likeness (QED) is 0.779. The second-order valence-electron chi connectivity index (χ2n) is 8.02. The minimum absolute atomic E-state index is 0.573. The van der Waals surface area contributed by atoms with Crippen molar-refractivity contribution in [1.82, 2.24) is 4.90 Å². The van der Waals surface area contributed by atoms with Crippen molar-refractivity contribution in [3.8, 4) is 0 Å². The molecule has 1 saturated heterocycles. The van der Waals surface area contributed by atoms with Crippen molar-refractivity contribution in [2.24, 2.45) is 5.92 Å². The van der Waals surface area contributed by atoms with E-state index < -0.39 is 0 Å². The first-order chi connectivity index (χ1) is 11.7. The van der Waals surface area contributed by atoms with E-state index in [4.69, 9.17) is 5.73 Å².